The van der Waals surface area contributed by atoms with Crippen molar-refractivity contribution in [2.75, 3.05) is 19.6 Å². The van der Waals surface area contributed by atoms with Gasteiger partial charge in [0.1, 0.15) is 6.04 Å². The fourth-order valence-electron chi connectivity index (χ4n) is 5.23. The van der Waals surface area contributed by atoms with Gasteiger partial charge in [-0.3, -0.25) is 9.59 Å². The van der Waals surface area contributed by atoms with Crippen molar-refractivity contribution in [1.82, 2.24) is 20.3 Å². The van der Waals surface area contributed by atoms with E-state index in [0.29, 0.717) is 5.92 Å². The predicted molar refractivity (Wildman–Crippen MR) is 148 cm³/mol. The van der Waals surface area contributed by atoms with Gasteiger partial charge < -0.3 is 16.0 Å². The third kappa shape index (κ3) is 6.45. The van der Waals surface area contributed by atoms with Crippen LogP contribution in [-0.4, -0.2) is 50.2 Å². The van der Waals surface area contributed by atoms with Crippen molar-refractivity contribution in [3.8, 4) is 0 Å². The molecule has 0 bridgehead atoms. The predicted octanol–water partition coefficient (Wildman–Crippen LogP) is 3.37. The average Bonchev–Trinajstić information content (AvgIpc) is 2.88. The Balaban J connectivity index is 1.47. The second-order valence-electron chi connectivity index (χ2n) is 10.9. The Morgan fingerprint density at radius 3 is 2.58 bits per heavy atom. The minimum Gasteiger partial charge on any atom is -0.353 e. The summed E-state index contributed by atoms with van der Waals surface area (Å²) in [7, 11) is -3.92. The average molecular weight is 541 g/mol. The largest absolute Gasteiger partial charge is 0.353 e. The first kappa shape index (κ1) is 28.3. The highest BCUT2D eigenvalue weighted by molar-refractivity contribution is 7.89. The molecule has 3 atom stereocenters. The number of piperazine rings is 1. The van der Waals surface area contributed by atoms with Crippen LogP contribution in [0.25, 0.3) is 0 Å². The number of rotatable bonds is 9. The van der Waals surface area contributed by atoms with Gasteiger partial charge in [-0.05, 0) is 74.4 Å². The minimum atomic E-state index is -3.92. The minimum absolute atomic E-state index is 0.123. The van der Waals surface area contributed by atoms with Crippen LogP contribution in [0.2, 0.25) is 0 Å². The van der Waals surface area contributed by atoms with Gasteiger partial charge in [0.15, 0.2) is 0 Å². The summed E-state index contributed by atoms with van der Waals surface area (Å²) in [5, 5.41) is 9.38. The Hall–Kier alpha value is -2.75. The van der Waals surface area contributed by atoms with E-state index in [-0.39, 0.29) is 42.4 Å². The topological polar surface area (TPSA) is 108 Å². The Morgan fingerprint density at radius 1 is 1.13 bits per heavy atom. The third-order valence-corrected chi connectivity index (χ3v) is 9.36. The molecule has 2 aromatic rings. The summed E-state index contributed by atoms with van der Waals surface area (Å²) >= 11 is 0. The summed E-state index contributed by atoms with van der Waals surface area (Å²) in [6.07, 6.45) is 2.49. The van der Waals surface area contributed by atoms with Crippen LogP contribution in [0.1, 0.15) is 74.4 Å². The number of nitrogens with one attached hydrogen (secondary N) is 3. The summed E-state index contributed by atoms with van der Waals surface area (Å²) in [4.78, 5) is 26.1. The third-order valence-electron chi connectivity index (χ3n) is 7.44. The molecule has 0 radical (unpaired) electrons. The molecule has 8 nitrogen and oxygen atoms in total. The van der Waals surface area contributed by atoms with Crippen LogP contribution >= 0.6 is 0 Å². The Bertz CT molecular complexity index is 1260. The number of nitrogens with zero attached hydrogens (tertiary/aromatic N) is 1. The van der Waals surface area contributed by atoms with Crippen LogP contribution in [-0.2, 0) is 26.0 Å². The molecule has 1 aliphatic carbocycles. The number of benzene rings is 2. The van der Waals surface area contributed by atoms with E-state index >= 15 is 0 Å². The summed E-state index contributed by atoms with van der Waals surface area (Å²) in [6.45, 7) is 9.71. The molecule has 2 aliphatic rings. The molecule has 1 aliphatic heterocycles. The SMILES string of the molecule is Cc1ccc(S(=O)(=O)N2CCNC(=O)[C@H]2CC(=O)N[C@@H]2CCCc3cc([C@H](C)NCC(C)C)ccc32)cc1. The molecule has 1 heterocycles. The Morgan fingerprint density at radius 2 is 1.87 bits per heavy atom. The molecule has 1 fully saturated rings. The lowest BCUT2D eigenvalue weighted by molar-refractivity contribution is -0.132. The summed E-state index contributed by atoms with van der Waals surface area (Å²) in [5.41, 5.74) is 4.50. The van der Waals surface area contributed by atoms with Crippen LogP contribution in [0.3, 0.4) is 0 Å². The molecule has 38 heavy (non-hydrogen) atoms. The lowest BCUT2D eigenvalue weighted by Gasteiger charge is -2.34. The number of hydrogen-bond acceptors (Lipinski definition) is 5. The summed E-state index contributed by atoms with van der Waals surface area (Å²) in [5.74, 6) is -0.201. The lowest BCUT2D eigenvalue weighted by atomic mass is 9.85. The van der Waals surface area contributed by atoms with Gasteiger partial charge >= 0.3 is 0 Å². The van der Waals surface area contributed by atoms with Gasteiger partial charge in [0.25, 0.3) is 0 Å². The van der Waals surface area contributed by atoms with E-state index in [4.69, 9.17) is 0 Å². The van der Waals surface area contributed by atoms with E-state index in [1.54, 1.807) is 24.3 Å². The molecule has 9 heteroatoms. The van der Waals surface area contributed by atoms with Gasteiger partial charge in [-0.1, -0.05) is 49.7 Å². The van der Waals surface area contributed by atoms with E-state index in [0.717, 1.165) is 36.9 Å². The fraction of sp³-hybridized carbons (Fsp3) is 0.517. The number of carbonyl (C=O) groups is 2. The molecular weight excluding hydrogens is 500 g/mol. The highest BCUT2D eigenvalue weighted by Crippen LogP contribution is 2.32. The van der Waals surface area contributed by atoms with Crippen molar-refractivity contribution in [3.63, 3.8) is 0 Å². The van der Waals surface area contributed by atoms with Crippen molar-refractivity contribution >= 4 is 21.8 Å². The maximum Gasteiger partial charge on any atom is 0.243 e. The smallest absolute Gasteiger partial charge is 0.243 e. The van der Waals surface area contributed by atoms with Crippen LogP contribution < -0.4 is 16.0 Å². The number of fused-ring (bicyclic) bond motifs is 1. The maximum absolute atomic E-state index is 13.4. The maximum atomic E-state index is 13.4. The molecule has 4 rings (SSSR count). The number of sulfonamides is 1. The Kier molecular flexibility index (Phi) is 8.90. The van der Waals surface area contributed by atoms with Crippen molar-refractivity contribution in [1.29, 1.82) is 0 Å². The van der Waals surface area contributed by atoms with Gasteiger partial charge in [-0.15, -0.1) is 0 Å². The lowest BCUT2D eigenvalue weighted by Crippen LogP contribution is -2.58. The number of carbonyl (C=O) groups excluding carboxylic acids is 2. The normalized spacial score (nSPS) is 21.0. The van der Waals surface area contributed by atoms with Crippen molar-refractivity contribution in [2.24, 2.45) is 5.92 Å². The zero-order valence-electron chi connectivity index (χ0n) is 22.8. The van der Waals surface area contributed by atoms with Crippen molar-refractivity contribution < 1.29 is 18.0 Å². The highest BCUT2D eigenvalue weighted by Gasteiger charge is 2.40. The zero-order chi connectivity index (χ0) is 27.4. The van der Waals surface area contributed by atoms with Gasteiger partial charge in [-0.25, -0.2) is 8.42 Å². The second kappa shape index (κ2) is 12.0. The van der Waals surface area contributed by atoms with E-state index in [1.807, 2.05) is 6.92 Å². The first-order valence-corrected chi connectivity index (χ1v) is 15.0. The van der Waals surface area contributed by atoms with Gasteiger partial charge in [-0.2, -0.15) is 4.31 Å². The first-order chi connectivity index (χ1) is 18.1. The van der Waals surface area contributed by atoms with Gasteiger partial charge in [0, 0.05) is 19.1 Å². The van der Waals surface area contributed by atoms with E-state index < -0.39 is 22.0 Å². The van der Waals surface area contributed by atoms with Gasteiger partial charge in [0.2, 0.25) is 21.8 Å². The fourth-order valence-corrected chi connectivity index (χ4v) is 6.82. The number of hydrogen-bond donors (Lipinski definition) is 3. The quantitative estimate of drug-likeness (QED) is 0.452. The summed E-state index contributed by atoms with van der Waals surface area (Å²) in [6, 6.07) is 12.0. The first-order valence-electron chi connectivity index (χ1n) is 13.6. The number of aryl methyl sites for hydroxylation is 2. The second-order valence-corrected chi connectivity index (χ2v) is 12.8. The van der Waals surface area contributed by atoms with E-state index in [9.17, 15) is 18.0 Å². The van der Waals surface area contributed by atoms with Crippen LogP contribution in [0.5, 0.6) is 0 Å². The molecule has 0 saturated carbocycles. The van der Waals surface area contributed by atoms with Crippen molar-refractivity contribution in [3.05, 3.63) is 64.7 Å². The molecular formula is C29H40N4O4S. The molecule has 3 N–H and O–H groups in total. The highest BCUT2D eigenvalue weighted by atomic mass is 32.2. The molecule has 1 saturated heterocycles. The molecule has 0 spiro atoms. The van der Waals surface area contributed by atoms with Gasteiger partial charge in [0.05, 0.1) is 17.4 Å². The molecule has 206 valence electrons. The van der Waals surface area contributed by atoms with E-state index in [2.05, 4.69) is 54.9 Å². The van der Waals surface area contributed by atoms with Crippen molar-refractivity contribution in [2.45, 2.75) is 76.4 Å². The van der Waals surface area contributed by atoms with Crippen LogP contribution in [0.4, 0.5) is 0 Å². The number of amides is 2. The molecule has 0 aromatic heterocycles. The standard InChI is InChI=1S/C29H40N4O4S/c1-19(2)18-31-21(4)22-10-13-25-23(16-22)6-5-7-26(25)32-28(34)17-27-29(35)30-14-15-33(27)38(36,37)24-11-8-20(3)9-12-24/h8-13,16,19,21,26-27,31H,5-7,14-15,17-18H2,1-4H3,(H,30,35)(H,32,34)/t21-,26+,27+/m0/s1. The Labute approximate surface area is 226 Å². The van der Waals surface area contributed by atoms with Crippen LogP contribution in [0.15, 0.2) is 47.4 Å². The summed E-state index contributed by atoms with van der Waals surface area (Å²) < 4.78 is 27.9. The molecule has 2 aromatic carbocycles. The zero-order valence-corrected chi connectivity index (χ0v) is 23.6. The molecule has 2 amide bonds. The monoisotopic (exact) mass is 540 g/mol. The van der Waals surface area contributed by atoms with E-state index in [1.165, 1.54) is 15.4 Å². The molecule has 0 unspecified atom stereocenters. The van der Waals surface area contributed by atoms with Crippen LogP contribution in [0, 0.1) is 12.8 Å².